The zero-order valence-corrected chi connectivity index (χ0v) is 19.0. The maximum Gasteiger partial charge on any atom is 0.177 e. The molecule has 0 spiro atoms. The smallest absolute Gasteiger partial charge is 0.177 e. The standard InChI is InChI=1S/C26H33N3O2/c1-19-14-20(16-22(15-19)26(2,3)4)18-31-25-24(21-8-6-5-7-9-21)29(12-13-30-25)17-23-27-10-11-28-23/h5-11,14-16,24-25H,12-13,17-18H2,1-4H3,(H,27,28). The van der Waals surface area contributed by atoms with Crippen LogP contribution in [0.15, 0.2) is 60.9 Å². The molecule has 5 heteroatoms. The fourth-order valence-corrected chi connectivity index (χ4v) is 4.16. The Hall–Kier alpha value is -2.47. The van der Waals surface area contributed by atoms with E-state index in [1.54, 1.807) is 6.20 Å². The molecule has 0 radical (unpaired) electrons. The van der Waals surface area contributed by atoms with Crippen molar-refractivity contribution in [1.29, 1.82) is 0 Å². The number of benzene rings is 2. The van der Waals surface area contributed by atoms with Gasteiger partial charge >= 0.3 is 0 Å². The van der Waals surface area contributed by atoms with Gasteiger partial charge < -0.3 is 14.5 Å². The average molecular weight is 420 g/mol. The van der Waals surface area contributed by atoms with Gasteiger partial charge in [0.15, 0.2) is 6.29 Å². The van der Waals surface area contributed by atoms with Crippen molar-refractivity contribution in [3.63, 3.8) is 0 Å². The summed E-state index contributed by atoms with van der Waals surface area (Å²) in [7, 11) is 0. The molecule has 2 atom stereocenters. The van der Waals surface area contributed by atoms with Crippen molar-refractivity contribution in [2.45, 2.75) is 58.6 Å². The predicted octanol–water partition coefficient (Wildman–Crippen LogP) is 5.13. The van der Waals surface area contributed by atoms with Gasteiger partial charge in [-0.3, -0.25) is 4.90 Å². The molecular formula is C26H33N3O2. The largest absolute Gasteiger partial charge is 0.349 e. The number of imidazole rings is 1. The summed E-state index contributed by atoms with van der Waals surface area (Å²) in [5.74, 6) is 0.954. The van der Waals surface area contributed by atoms with E-state index in [1.807, 2.05) is 12.3 Å². The van der Waals surface area contributed by atoms with Gasteiger partial charge in [-0.1, -0.05) is 74.9 Å². The summed E-state index contributed by atoms with van der Waals surface area (Å²) < 4.78 is 12.6. The van der Waals surface area contributed by atoms with Gasteiger partial charge in [0.25, 0.3) is 0 Å². The van der Waals surface area contributed by atoms with Crippen LogP contribution >= 0.6 is 0 Å². The predicted molar refractivity (Wildman–Crippen MR) is 123 cm³/mol. The van der Waals surface area contributed by atoms with Crippen LogP contribution in [0.5, 0.6) is 0 Å². The number of aryl methyl sites for hydroxylation is 1. The van der Waals surface area contributed by atoms with Crippen molar-refractivity contribution in [2.75, 3.05) is 13.2 Å². The van der Waals surface area contributed by atoms with E-state index in [1.165, 1.54) is 22.3 Å². The molecule has 0 saturated carbocycles. The van der Waals surface area contributed by atoms with E-state index >= 15 is 0 Å². The van der Waals surface area contributed by atoms with Gasteiger partial charge in [0.1, 0.15) is 5.82 Å². The number of rotatable bonds is 6. The molecule has 1 aromatic heterocycles. The number of hydrogen-bond acceptors (Lipinski definition) is 4. The highest BCUT2D eigenvalue weighted by molar-refractivity contribution is 5.33. The van der Waals surface area contributed by atoms with E-state index in [0.717, 1.165) is 18.9 Å². The Morgan fingerprint density at radius 2 is 1.97 bits per heavy atom. The first kappa shape index (κ1) is 21.8. The second kappa shape index (κ2) is 9.35. The van der Waals surface area contributed by atoms with Crippen LogP contribution in [-0.2, 0) is 28.0 Å². The number of nitrogens with one attached hydrogen (secondary N) is 1. The molecule has 1 aliphatic heterocycles. The molecule has 164 valence electrons. The molecule has 0 bridgehead atoms. The zero-order valence-electron chi connectivity index (χ0n) is 19.0. The van der Waals surface area contributed by atoms with Gasteiger partial charge in [0.05, 0.1) is 25.8 Å². The molecule has 31 heavy (non-hydrogen) atoms. The van der Waals surface area contributed by atoms with E-state index in [9.17, 15) is 0 Å². The second-order valence-corrected chi connectivity index (χ2v) is 9.37. The van der Waals surface area contributed by atoms with Crippen molar-refractivity contribution in [3.05, 3.63) is 89.0 Å². The highest BCUT2D eigenvalue weighted by atomic mass is 16.7. The van der Waals surface area contributed by atoms with E-state index in [-0.39, 0.29) is 17.7 Å². The Morgan fingerprint density at radius 1 is 1.16 bits per heavy atom. The fourth-order valence-electron chi connectivity index (χ4n) is 4.16. The Balaban J connectivity index is 1.55. The van der Waals surface area contributed by atoms with Gasteiger partial charge in [0, 0.05) is 18.9 Å². The molecule has 2 unspecified atom stereocenters. The lowest BCUT2D eigenvalue weighted by molar-refractivity contribution is -0.218. The van der Waals surface area contributed by atoms with E-state index in [2.05, 4.69) is 85.0 Å². The third-order valence-corrected chi connectivity index (χ3v) is 5.78. The number of nitrogens with zero attached hydrogens (tertiary/aromatic N) is 2. The van der Waals surface area contributed by atoms with Crippen LogP contribution in [0.25, 0.3) is 0 Å². The summed E-state index contributed by atoms with van der Waals surface area (Å²) in [5, 5.41) is 0. The molecule has 1 saturated heterocycles. The quantitative estimate of drug-likeness (QED) is 0.602. The van der Waals surface area contributed by atoms with Gasteiger partial charge in [-0.25, -0.2) is 4.98 Å². The first-order valence-electron chi connectivity index (χ1n) is 11.0. The molecule has 5 nitrogen and oxygen atoms in total. The molecule has 1 aliphatic rings. The highest BCUT2D eigenvalue weighted by Gasteiger charge is 2.34. The Labute approximate surface area is 185 Å². The molecule has 4 rings (SSSR count). The first-order valence-corrected chi connectivity index (χ1v) is 11.0. The lowest BCUT2D eigenvalue weighted by Crippen LogP contribution is -2.46. The molecule has 1 N–H and O–H groups in total. The van der Waals surface area contributed by atoms with Crippen LogP contribution in [0.3, 0.4) is 0 Å². The molecule has 0 aliphatic carbocycles. The van der Waals surface area contributed by atoms with Crippen molar-refractivity contribution in [1.82, 2.24) is 14.9 Å². The van der Waals surface area contributed by atoms with Crippen LogP contribution in [0.2, 0.25) is 0 Å². The SMILES string of the molecule is Cc1cc(COC2OCCN(Cc3ncc[nH]3)C2c2ccccc2)cc(C(C)(C)C)c1. The summed E-state index contributed by atoms with van der Waals surface area (Å²) in [6, 6.07) is 17.2. The lowest BCUT2D eigenvalue weighted by atomic mass is 9.85. The van der Waals surface area contributed by atoms with Gasteiger partial charge in [-0.2, -0.15) is 0 Å². The monoisotopic (exact) mass is 419 g/mol. The molecule has 2 aromatic carbocycles. The lowest BCUT2D eigenvalue weighted by Gasteiger charge is -2.40. The Morgan fingerprint density at radius 3 is 2.68 bits per heavy atom. The fraction of sp³-hybridized carbons (Fsp3) is 0.423. The number of H-pyrrole nitrogens is 1. The van der Waals surface area contributed by atoms with Crippen molar-refractivity contribution in [2.24, 2.45) is 0 Å². The number of hydrogen-bond donors (Lipinski definition) is 1. The van der Waals surface area contributed by atoms with E-state index in [0.29, 0.717) is 13.2 Å². The molecular weight excluding hydrogens is 386 g/mol. The topological polar surface area (TPSA) is 50.4 Å². The van der Waals surface area contributed by atoms with Crippen LogP contribution in [-0.4, -0.2) is 34.3 Å². The number of ether oxygens (including phenoxy) is 2. The normalized spacial score (nSPS) is 20.1. The third-order valence-electron chi connectivity index (χ3n) is 5.78. The first-order chi connectivity index (χ1) is 14.9. The molecule has 0 amide bonds. The molecule has 2 heterocycles. The number of aromatic amines is 1. The number of aromatic nitrogens is 2. The maximum atomic E-state index is 6.41. The molecule has 3 aromatic rings. The van der Waals surface area contributed by atoms with Crippen molar-refractivity contribution in [3.8, 4) is 0 Å². The van der Waals surface area contributed by atoms with Crippen LogP contribution in [0.4, 0.5) is 0 Å². The van der Waals surface area contributed by atoms with Crippen LogP contribution < -0.4 is 0 Å². The summed E-state index contributed by atoms with van der Waals surface area (Å²) in [4.78, 5) is 10.0. The Kier molecular flexibility index (Phi) is 6.56. The summed E-state index contributed by atoms with van der Waals surface area (Å²) in [6.07, 6.45) is 3.32. The third kappa shape index (κ3) is 5.42. The van der Waals surface area contributed by atoms with E-state index < -0.39 is 0 Å². The zero-order chi connectivity index (χ0) is 21.8. The minimum Gasteiger partial charge on any atom is -0.349 e. The highest BCUT2D eigenvalue weighted by Crippen LogP contribution is 2.32. The number of morpholine rings is 1. The van der Waals surface area contributed by atoms with Crippen molar-refractivity contribution >= 4 is 0 Å². The summed E-state index contributed by atoms with van der Waals surface area (Å²) in [5.41, 5.74) is 5.07. The van der Waals surface area contributed by atoms with Gasteiger partial charge in [-0.05, 0) is 29.0 Å². The Bertz CT molecular complexity index is 964. The minimum absolute atomic E-state index is 0.00643. The van der Waals surface area contributed by atoms with Gasteiger partial charge in [-0.15, -0.1) is 0 Å². The van der Waals surface area contributed by atoms with Crippen molar-refractivity contribution < 1.29 is 9.47 Å². The summed E-state index contributed by atoms with van der Waals surface area (Å²) >= 11 is 0. The molecule has 1 fully saturated rings. The van der Waals surface area contributed by atoms with Crippen LogP contribution in [0.1, 0.15) is 54.9 Å². The second-order valence-electron chi connectivity index (χ2n) is 9.37. The minimum atomic E-state index is -0.343. The van der Waals surface area contributed by atoms with Gasteiger partial charge in [0.2, 0.25) is 0 Å². The average Bonchev–Trinajstić information content (AvgIpc) is 3.25. The van der Waals surface area contributed by atoms with E-state index in [4.69, 9.17) is 9.47 Å². The summed E-state index contributed by atoms with van der Waals surface area (Å²) in [6.45, 7) is 11.6. The van der Waals surface area contributed by atoms with Crippen LogP contribution in [0, 0.1) is 6.92 Å². The maximum absolute atomic E-state index is 6.41.